The number of aryl methyl sites for hydroxylation is 1. The van der Waals surface area contributed by atoms with E-state index in [0.29, 0.717) is 13.1 Å². The molecule has 112 valence electrons. The fourth-order valence-corrected chi connectivity index (χ4v) is 3.80. The molecular weight excluding hydrogens is 272 g/mol. The Morgan fingerprint density at radius 2 is 1.95 bits per heavy atom. The maximum Gasteiger partial charge on any atom is 0.153 e. The van der Waals surface area contributed by atoms with E-state index in [1.54, 1.807) is 0 Å². The molecule has 1 aromatic rings. The molecule has 2 N–H and O–H groups in total. The van der Waals surface area contributed by atoms with Crippen LogP contribution in [0.1, 0.15) is 24.5 Å². The van der Waals surface area contributed by atoms with Gasteiger partial charge in [-0.2, -0.15) is 0 Å². The number of hydrogen-bond acceptors (Lipinski definition) is 4. The van der Waals surface area contributed by atoms with Crippen molar-refractivity contribution in [2.75, 3.05) is 29.5 Å². The number of benzene rings is 1. The molecule has 5 heteroatoms. The summed E-state index contributed by atoms with van der Waals surface area (Å²) in [5.74, 6) is 0.518. The zero-order valence-electron chi connectivity index (χ0n) is 12.3. The lowest BCUT2D eigenvalue weighted by Gasteiger charge is -2.30. The van der Waals surface area contributed by atoms with Gasteiger partial charge < -0.3 is 10.6 Å². The predicted molar refractivity (Wildman–Crippen MR) is 84.0 cm³/mol. The Kier molecular flexibility index (Phi) is 4.70. The van der Waals surface area contributed by atoms with Gasteiger partial charge in [0.1, 0.15) is 0 Å². The standard InChI is InChI=1S/C15H24N2O2S/c1-3-14(16)11-13-4-5-15(12(2)10-13)17-6-8-20(18,19)9-7-17/h4-5,10,14H,3,6-9,11,16H2,1-2H3. The Morgan fingerprint density at radius 1 is 1.30 bits per heavy atom. The number of rotatable bonds is 4. The first-order valence-electron chi connectivity index (χ1n) is 7.22. The smallest absolute Gasteiger partial charge is 0.153 e. The van der Waals surface area contributed by atoms with Gasteiger partial charge in [-0.05, 0) is 37.0 Å². The van der Waals surface area contributed by atoms with E-state index in [-0.39, 0.29) is 17.5 Å². The van der Waals surface area contributed by atoms with Crippen LogP contribution in [0.2, 0.25) is 0 Å². The second-order valence-corrected chi connectivity index (χ2v) is 7.94. The fourth-order valence-electron chi connectivity index (χ4n) is 2.60. The minimum Gasteiger partial charge on any atom is -0.369 e. The predicted octanol–water partition coefficient (Wildman–Crippen LogP) is 1.51. The maximum absolute atomic E-state index is 11.5. The van der Waals surface area contributed by atoms with Gasteiger partial charge in [-0.15, -0.1) is 0 Å². The highest BCUT2D eigenvalue weighted by atomic mass is 32.2. The lowest BCUT2D eigenvalue weighted by Crippen LogP contribution is -2.40. The van der Waals surface area contributed by atoms with E-state index >= 15 is 0 Å². The van der Waals surface area contributed by atoms with Gasteiger partial charge in [0.05, 0.1) is 11.5 Å². The molecule has 1 aliphatic heterocycles. The largest absolute Gasteiger partial charge is 0.369 e. The van der Waals surface area contributed by atoms with Gasteiger partial charge in [0, 0.05) is 24.8 Å². The third kappa shape index (κ3) is 3.73. The quantitative estimate of drug-likeness (QED) is 0.915. The molecule has 1 saturated heterocycles. The van der Waals surface area contributed by atoms with Crippen molar-refractivity contribution in [3.63, 3.8) is 0 Å². The van der Waals surface area contributed by atoms with Gasteiger partial charge in [0.15, 0.2) is 9.84 Å². The lowest BCUT2D eigenvalue weighted by atomic mass is 10.0. The van der Waals surface area contributed by atoms with Gasteiger partial charge in [-0.1, -0.05) is 19.1 Å². The Hall–Kier alpha value is -1.07. The molecule has 1 unspecified atom stereocenters. The second-order valence-electron chi connectivity index (χ2n) is 5.63. The Balaban J connectivity index is 2.10. The molecular formula is C15H24N2O2S. The highest BCUT2D eigenvalue weighted by molar-refractivity contribution is 7.91. The van der Waals surface area contributed by atoms with E-state index in [9.17, 15) is 8.42 Å². The number of nitrogens with two attached hydrogens (primary N) is 1. The minimum atomic E-state index is -2.82. The van der Waals surface area contributed by atoms with Crippen LogP contribution in [0.3, 0.4) is 0 Å². The Labute approximate surface area is 121 Å². The van der Waals surface area contributed by atoms with Crippen LogP contribution < -0.4 is 10.6 Å². The molecule has 0 saturated carbocycles. The van der Waals surface area contributed by atoms with E-state index in [1.165, 1.54) is 11.1 Å². The molecule has 0 spiro atoms. The molecule has 4 nitrogen and oxygen atoms in total. The number of hydrogen-bond donors (Lipinski definition) is 1. The molecule has 0 aliphatic carbocycles. The highest BCUT2D eigenvalue weighted by Gasteiger charge is 2.22. The van der Waals surface area contributed by atoms with Crippen LogP contribution in [0.15, 0.2) is 18.2 Å². The molecule has 0 aromatic heterocycles. The van der Waals surface area contributed by atoms with Gasteiger partial charge in [-0.25, -0.2) is 8.42 Å². The summed E-state index contributed by atoms with van der Waals surface area (Å²) in [6.07, 6.45) is 1.87. The van der Waals surface area contributed by atoms with Crippen molar-refractivity contribution in [2.45, 2.75) is 32.7 Å². The van der Waals surface area contributed by atoms with E-state index in [0.717, 1.165) is 18.5 Å². The zero-order chi connectivity index (χ0) is 14.8. The molecule has 1 atom stereocenters. The highest BCUT2D eigenvalue weighted by Crippen LogP contribution is 2.23. The summed E-state index contributed by atoms with van der Waals surface area (Å²) in [7, 11) is -2.82. The number of anilines is 1. The third-order valence-corrected chi connectivity index (χ3v) is 5.58. The number of nitrogens with zero attached hydrogens (tertiary/aromatic N) is 1. The van der Waals surface area contributed by atoms with Gasteiger partial charge in [-0.3, -0.25) is 0 Å². The molecule has 1 fully saturated rings. The Bertz CT molecular complexity index is 555. The molecule has 0 amide bonds. The van der Waals surface area contributed by atoms with Crippen molar-refractivity contribution in [1.29, 1.82) is 0 Å². The summed E-state index contributed by atoms with van der Waals surface area (Å²) < 4.78 is 23.0. The molecule has 0 bridgehead atoms. The average molecular weight is 296 g/mol. The summed E-state index contributed by atoms with van der Waals surface area (Å²) in [6.45, 7) is 5.37. The first kappa shape index (κ1) is 15.3. The zero-order valence-corrected chi connectivity index (χ0v) is 13.1. The van der Waals surface area contributed by atoms with Crippen LogP contribution in [0.5, 0.6) is 0 Å². The van der Waals surface area contributed by atoms with E-state index < -0.39 is 9.84 Å². The van der Waals surface area contributed by atoms with Crippen molar-refractivity contribution in [1.82, 2.24) is 0 Å². The van der Waals surface area contributed by atoms with Crippen molar-refractivity contribution in [3.8, 4) is 0 Å². The van der Waals surface area contributed by atoms with Crippen LogP contribution in [-0.4, -0.2) is 39.1 Å². The third-order valence-electron chi connectivity index (χ3n) is 3.97. The summed E-state index contributed by atoms with van der Waals surface area (Å²) in [5.41, 5.74) is 9.59. The summed E-state index contributed by atoms with van der Waals surface area (Å²) in [5, 5.41) is 0. The van der Waals surface area contributed by atoms with Crippen LogP contribution in [0.25, 0.3) is 0 Å². The second kappa shape index (κ2) is 6.14. The Morgan fingerprint density at radius 3 is 2.50 bits per heavy atom. The molecule has 1 heterocycles. The summed E-state index contributed by atoms with van der Waals surface area (Å²) in [6, 6.07) is 6.60. The lowest BCUT2D eigenvalue weighted by molar-refractivity contribution is 0.586. The van der Waals surface area contributed by atoms with Crippen LogP contribution in [0, 0.1) is 6.92 Å². The van der Waals surface area contributed by atoms with Gasteiger partial charge in [0.25, 0.3) is 0 Å². The first-order valence-corrected chi connectivity index (χ1v) is 9.04. The minimum absolute atomic E-state index is 0.209. The maximum atomic E-state index is 11.5. The van der Waals surface area contributed by atoms with Crippen molar-refractivity contribution < 1.29 is 8.42 Å². The van der Waals surface area contributed by atoms with E-state index in [1.807, 2.05) is 0 Å². The molecule has 1 aliphatic rings. The molecule has 20 heavy (non-hydrogen) atoms. The normalized spacial score (nSPS) is 19.9. The van der Waals surface area contributed by atoms with Crippen LogP contribution >= 0.6 is 0 Å². The summed E-state index contributed by atoms with van der Waals surface area (Å²) >= 11 is 0. The SMILES string of the molecule is CCC(N)Cc1ccc(N2CCS(=O)(=O)CC2)c(C)c1. The summed E-state index contributed by atoms with van der Waals surface area (Å²) in [4.78, 5) is 2.17. The fraction of sp³-hybridized carbons (Fsp3) is 0.600. The molecule has 0 radical (unpaired) electrons. The monoisotopic (exact) mass is 296 g/mol. The topological polar surface area (TPSA) is 63.4 Å². The van der Waals surface area contributed by atoms with Crippen LogP contribution in [-0.2, 0) is 16.3 Å². The van der Waals surface area contributed by atoms with E-state index in [4.69, 9.17) is 5.73 Å². The number of sulfone groups is 1. The first-order chi connectivity index (χ1) is 9.41. The molecule has 1 aromatic carbocycles. The van der Waals surface area contributed by atoms with Gasteiger partial charge in [0.2, 0.25) is 0 Å². The van der Waals surface area contributed by atoms with Crippen molar-refractivity contribution in [2.24, 2.45) is 5.73 Å². The van der Waals surface area contributed by atoms with Crippen molar-refractivity contribution >= 4 is 15.5 Å². The van der Waals surface area contributed by atoms with E-state index in [2.05, 4.69) is 36.9 Å². The average Bonchev–Trinajstić information content (AvgIpc) is 2.39. The van der Waals surface area contributed by atoms with Crippen LogP contribution in [0.4, 0.5) is 5.69 Å². The molecule has 2 rings (SSSR count). The van der Waals surface area contributed by atoms with Crippen molar-refractivity contribution in [3.05, 3.63) is 29.3 Å². The van der Waals surface area contributed by atoms with Gasteiger partial charge >= 0.3 is 0 Å².